The van der Waals surface area contributed by atoms with Crippen molar-refractivity contribution in [2.75, 3.05) is 0 Å². The third-order valence-electron chi connectivity index (χ3n) is 2.23. The summed E-state index contributed by atoms with van der Waals surface area (Å²) in [6.45, 7) is 0. The van der Waals surface area contributed by atoms with Crippen LogP contribution >= 0.6 is 11.8 Å². The lowest BCUT2D eigenvalue weighted by atomic mass is 10.2. The van der Waals surface area contributed by atoms with Gasteiger partial charge in [-0.05, 0) is 5.56 Å². The number of rotatable bonds is 4. The van der Waals surface area contributed by atoms with Crippen molar-refractivity contribution in [1.82, 2.24) is 9.97 Å². The summed E-state index contributed by atoms with van der Waals surface area (Å²) >= 11 is 1.50. The fourth-order valence-electron chi connectivity index (χ4n) is 1.38. The predicted octanol–water partition coefficient (Wildman–Crippen LogP) is 1.86. The van der Waals surface area contributed by atoms with Gasteiger partial charge in [-0.1, -0.05) is 47.2 Å². The van der Waals surface area contributed by atoms with Crippen LogP contribution in [0.5, 0.6) is 0 Å². The maximum atomic E-state index is 8.68. The highest BCUT2D eigenvalue weighted by Gasteiger charge is 2.10. The molecule has 0 fully saturated rings. The van der Waals surface area contributed by atoms with E-state index in [-0.39, 0.29) is 5.84 Å². The minimum absolute atomic E-state index is 0.0290. The molecule has 0 spiro atoms. The lowest BCUT2D eigenvalue weighted by Crippen LogP contribution is -2.16. The number of oxime groups is 1. The summed E-state index contributed by atoms with van der Waals surface area (Å²) in [6, 6.07) is 10.0. The van der Waals surface area contributed by atoms with E-state index in [1.54, 1.807) is 6.20 Å². The lowest BCUT2D eigenvalue weighted by Gasteiger charge is -2.05. The minimum Gasteiger partial charge on any atom is -0.409 e. The van der Waals surface area contributed by atoms with Crippen molar-refractivity contribution in [2.24, 2.45) is 10.9 Å². The standard InChI is InChI=1S/C12H12N4OS/c13-11(16-17)10-12(15-7-6-14-10)18-8-9-4-2-1-3-5-9/h1-7,17H,8H2,(H2,13,16). The van der Waals surface area contributed by atoms with Crippen molar-refractivity contribution in [3.05, 3.63) is 54.0 Å². The molecule has 0 aliphatic carbocycles. The minimum atomic E-state index is -0.0290. The van der Waals surface area contributed by atoms with Crippen LogP contribution in [0.2, 0.25) is 0 Å². The lowest BCUT2D eigenvalue weighted by molar-refractivity contribution is 0.318. The van der Waals surface area contributed by atoms with Crippen molar-refractivity contribution in [1.29, 1.82) is 0 Å². The Kier molecular flexibility index (Phi) is 4.14. The zero-order valence-electron chi connectivity index (χ0n) is 9.52. The summed E-state index contributed by atoms with van der Waals surface area (Å²) in [6.07, 6.45) is 3.10. The molecule has 2 aromatic rings. The summed E-state index contributed by atoms with van der Waals surface area (Å²) in [5.41, 5.74) is 7.13. The van der Waals surface area contributed by atoms with Crippen molar-refractivity contribution in [3.8, 4) is 0 Å². The molecule has 0 unspecified atom stereocenters. The maximum absolute atomic E-state index is 8.68. The van der Waals surface area contributed by atoms with Gasteiger partial charge in [-0.3, -0.25) is 0 Å². The van der Waals surface area contributed by atoms with Crippen LogP contribution in [0.3, 0.4) is 0 Å². The van der Waals surface area contributed by atoms with Gasteiger partial charge in [0.15, 0.2) is 5.84 Å². The first kappa shape index (κ1) is 12.4. The quantitative estimate of drug-likeness (QED) is 0.288. The average Bonchev–Trinajstić information content (AvgIpc) is 2.45. The molecule has 1 heterocycles. The fourth-order valence-corrected chi connectivity index (χ4v) is 2.31. The SMILES string of the molecule is N/C(=N\O)c1nccnc1SCc1ccccc1. The molecule has 0 bridgehead atoms. The molecule has 0 atom stereocenters. The van der Waals surface area contributed by atoms with Crippen LogP contribution < -0.4 is 5.73 Å². The van der Waals surface area contributed by atoms with E-state index in [1.165, 1.54) is 23.5 Å². The molecular formula is C12H12N4OS. The second-order valence-electron chi connectivity index (χ2n) is 3.47. The van der Waals surface area contributed by atoms with Crippen molar-refractivity contribution in [2.45, 2.75) is 10.8 Å². The van der Waals surface area contributed by atoms with E-state index >= 15 is 0 Å². The molecule has 0 aliphatic rings. The van der Waals surface area contributed by atoms with Crippen molar-refractivity contribution >= 4 is 17.6 Å². The summed E-state index contributed by atoms with van der Waals surface area (Å²) < 4.78 is 0. The number of benzene rings is 1. The second kappa shape index (κ2) is 6.02. The molecule has 6 heteroatoms. The summed E-state index contributed by atoms with van der Waals surface area (Å²) in [7, 11) is 0. The second-order valence-corrected chi connectivity index (χ2v) is 4.43. The van der Waals surface area contributed by atoms with Crippen LogP contribution in [0.4, 0.5) is 0 Å². The molecule has 2 rings (SSSR count). The van der Waals surface area contributed by atoms with Gasteiger partial charge in [0.05, 0.1) is 0 Å². The molecule has 0 saturated carbocycles. The van der Waals surface area contributed by atoms with Crippen LogP contribution in [0.1, 0.15) is 11.3 Å². The summed E-state index contributed by atoms with van der Waals surface area (Å²) in [5, 5.41) is 12.3. The Labute approximate surface area is 109 Å². The molecule has 0 saturated heterocycles. The van der Waals surface area contributed by atoms with Gasteiger partial charge in [-0.15, -0.1) is 0 Å². The van der Waals surface area contributed by atoms with Gasteiger partial charge >= 0.3 is 0 Å². The van der Waals surface area contributed by atoms with E-state index in [9.17, 15) is 0 Å². The van der Waals surface area contributed by atoms with Gasteiger partial charge in [-0.25, -0.2) is 9.97 Å². The first-order chi connectivity index (χ1) is 8.81. The molecule has 18 heavy (non-hydrogen) atoms. The smallest absolute Gasteiger partial charge is 0.191 e. The molecule has 92 valence electrons. The van der Waals surface area contributed by atoms with Gasteiger partial charge in [0.1, 0.15) is 10.7 Å². The normalized spacial score (nSPS) is 11.4. The number of thioether (sulfide) groups is 1. The molecule has 1 aromatic heterocycles. The van der Waals surface area contributed by atoms with Crippen LogP contribution in [0, 0.1) is 0 Å². The Morgan fingerprint density at radius 3 is 2.67 bits per heavy atom. The summed E-state index contributed by atoms with van der Waals surface area (Å²) in [5.74, 6) is 0.726. The third-order valence-corrected chi connectivity index (χ3v) is 3.28. The van der Waals surface area contributed by atoms with Gasteiger partial charge in [-0.2, -0.15) is 0 Å². The van der Waals surface area contributed by atoms with Gasteiger partial charge in [0.2, 0.25) is 0 Å². The number of hydrogen-bond acceptors (Lipinski definition) is 5. The van der Waals surface area contributed by atoms with E-state index < -0.39 is 0 Å². The molecule has 3 N–H and O–H groups in total. The van der Waals surface area contributed by atoms with Gasteiger partial charge in [0, 0.05) is 18.1 Å². The molecule has 0 radical (unpaired) electrons. The van der Waals surface area contributed by atoms with Crippen LogP contribution in [0.15, 0.2) is 52.9 Å². The van der Waals surface area contributed by atoms with Crippen molar-refractivity contribution < 1.29 is 5.21 Å². The topological polar surface area (TPSA) is 84.4 Å². The Hall–Kier alpha value is -2.08. The Morgan fingerprint density at radius 1 is 1.22 bits per heavy atom. The number of nitrogens with zero attached hydrogens (tertiary/aromatic N) is 3. The monoisotopic (exact) mass is 260 g/mol. The molecule has 0 aliphatic heterocycles. The number of amidine groups is 1. The predicted molar refractivity (Wildman–Crippen MR) is 70.5 cm³/mol. The molecular weight excluding hydrogens is 248 g/mol. The zero-order chi connectivity index (χ0) is 12.8. The van der Waals surface area contributed by atoms with Crippen LogP contribution in [-0.4, -0.2) is 21.0 Å². The van der Waals surface area contributed by atoms with E-state index in [0.717, 1.165) is 5.75 Å². The number of aromatic nitrogens is 2. The maximum Gasteiger partial charge on any atom is 0.191 e. The van der Waals surface area contributed by atoms with Gasteiger partial charge in [0.25, 0.3) is 0 Å². The Balaban J connectivity index is 2.15. The first-order valence-corrected chi connectivity index (χ1v) is 6.25. The summed E-state index contributed by atoms with van der Waals surface area (Å²) in [4.78, 5) is 8.25. The largest absolute Gasteiger partial charge is 0.409 e. The zero-order valence-corrected chi connectivity index (χ0v) is 10.3. The fraction of sp³-hybridized carbons (Fsp3) is 0.0833. The highest BCUT2D eigenvalue weighted by Crippen LogP contribution is 2.22. The van der Waals surface area contributed by atoms with E-state index in [4.69, 9.17) is 10.9 Å². The molecule has 0 amide bonds. The van der Waals surface area contributed by atoms with Crippen LogP contribution in [0.25, 0.3) is 0 Å². The average molecular weight is 260 g/mol. The van der Waals surface area contributed by atoms with Crippen LogP contribution in [-0.2, 0) is 5.75 Å². The van der Waals surface area contributed by atoms with E-state index in [1.807, 2.05) is 30.3 Å². The van der Waals surface area contributed by atoms with E-state index in [0.29, 0.717) is 10.7 Å². The van der Waals surface area contributed by atoms with Crippen molar-refractivity contribution in [3.63, 3.8) is 0 Å². The first-order valence-electron chi connectivity index (χ1n) is 5.27. The third kappa shape index (κ3) is 2.98. The number of hydrogen-bond donors (Lipinski definition) is 2. The highest BCUT2D eigenvalue weighted by atomic mass is 32.2. The Bertz CT molecular complexity index is 545. The molecule has 5 nitrogen and oxygen atoms in total. The highest BCUT2D eigenvalue weighted by molar-refractivity contribution is 7.98. The Morgan fingerprint density at radius 2 is 1.94 bits per heavy atom. The number of nitrogens with two attached hydrogens (primary N) is 1. The molecule has 1 aromatic carbocycles. The van der Waals surface area contributed by atoms with Gasteiger partial charge < -0.3 is 10.9 Å². The van der Waals surface area contributed by atoms with E-state index in [2.05, 4.69) is 15.1 Å².